The van der Waals surface area contributed by atoms with Crippen LogP contribution in [0.4, 0.5) is 10.5 Å². The van der Waals surface area contributed by atoms with Gasteiger partial charge in [0.1, 0.15) is 6.33 Å². The first-order valence-corrected chi connectivity index (χ1v) is 6.16. The second-order valence-electron chi connectivity index (χ2n) is 3.89. The minimum absolute atomic E-state index is 0.265. The van der Waals surface area contributed by atoms with Crippen LogP contribution in [0.15, 0.2) is 43.0 Å². The third-order valence-corrected chi connectivity index (χ3v) is 2.63. The van der Waals surface area contributed by atoms with Gasteiger partial charge in [-0.25, -0.2) is 14.8 Å². The smallest absolute Gasteiger partial charge is 0.319 e. The molecule has 1 aromatic carbocycles. The van der Waals surface area contributed by atoms with E-state index in [4.69, 9.17) is 11.6 Å². The van der Waals surface area contributed by atoms with Gasteiger partial charge in [-0.1, -0.05) is 17.7 Å². The first-order valence-electron chi connectivity index (χ1n) is 5.78. The molecule has 5 nitrogen and oxygen atoms in total. The topological polar surface area (TPSA) is 66.9 Å². The Morgan fingerprint density at radius 3 is 2.79 bits per heavy atom. The van der Waals surface area contributed by atoms with Gasteiger partial charge in [0, 0.05) is 29.6 Å². The predicted molar refractivity (Wildman–Crippen MR) is 74.2 cm³/mol. The number of halogens is 1. The molecule has 0 saturated heterocycles. The number of hydrogen-bond donors (Lipinski definition) is 2. The standard InChI is InChI=1S/C13H13ClN4O/c14-11-2-1-3-12(6-11)18-13(19)17-5-4-10-7-15-9-16-8-10/h1-3,6-9H,4-5H2,(H2,17,18,19). The number of nitrogens with one attached hydrogen (secondary N) is 2. The molecule has 2 N–H and O–H groups in total. The summed E-state index contributed by atoms with van der Waals surface area (Å²) >= 11 is 5.83. The van der Waals surface area contributed by atoms with E-state index in [9.17, 15) is 4.79 Å². The molecule has 1 aromatic heterocycles. The zero-order valence-corrected chi connectivity index (χ0v) is 10.9. The number of carbonyl (C=O) groups excluding carboxylic acids is 1. The Morgan fingerprint density at radius 1 is 1.26 bits per heavy atom. The van der Waals surface area contributed by atoms with E-state index >= 15 is 0 Å². The van der Waals surface area contributed by atoms with Crippen molar-refractivity contribution in [1.82, 2.24) is 15.3 Å². The molecule has 0 aliphatic rings. The number of rotatable bonds is 4. The van der Waals surface area contributed by atoms with Gasteiger partial charge in [0.05, 0.1) is 0 Å². The van der Waals surface area contributed by atoms with E-state index < -0.39 is 0 Å². The van der Waals surface area contributed by atoms with E-state index in [2.05, 4.69) is 20.6 Å². The van der Waals surface area contributed by atoms with Crippen molar-refractivity contribution in [3.8, 4) is 0 Å². The maximum atomic E-state index is 11.6. The molecule has 0 unspecified atom stereocenters. The molecule has 0 spiro atoms. The van der Waals surface area contributed by atoms with Crippen LogP contribution in [0.1, 0.15) is 5.56 Å². The highest BCUT2D eigenvalue weighted by atomic mass is 35.5. The number of hydrogen-bond acceptors (Lipinski definition) is 3. The van der Waals surface area contributed by atoms with Crippen LogP contribution in [0.3, 0.4) is 0 Å². The summed E-state index contributed by atoms with van der Waals surface area (Å²) in [4.78, 5) is 19.4. The lowest BCUT2D eigenvalue weighted by molar-refractivity contribution is 0.252. The Hall–Kier alpha value is -2.14. The van der Waals surface area contributed by atoms with Crippen molar-refractivity contribution < 1.29 is 4.79 Å². The number of anilines is 1. The van der Waals surface area contributed by atoms with E-state index in [1.54, 1.807) is 36.7 Å². The molecule has 0 fully saturated rings. The summed E-state index contributed by atoms with van der Waals surface area (Å²) in [5, 5.41) is 6.04. The number of nitrogens with zero attached hydrogens (tertiary/aromatic N) is 2. The molecule has 2 amide bonds. The van der Waals surface area contributed by atoms with Crippen LogP contribution in [0.25, 0.3) is 0 Å². The Labute approximate surface area is 116 Å². The molecule has 0 aliphatic carbocycles. The lowest BCUT2D eigenvalue weighted by Crippen LogP contribution is -2.30. The van der Waals surface area contributed by atoms with Crippen LogP contribution in [0.2, 0.25) is 5.02 Å². The molecule has 98 valence electrons. The molecule has 6 heteroatoms. The van der Waals surface area contributed by atoms with Crippen LogP contribution in [-0.4, -0.2) is 22.5 Å². The molecule has 2 aromatic rings. The number of aromatic nitrogens is 2. The summed E-state index contributed by atoms with van der Waals surface area (Å²) < 4.78 is 0. The SMILES string of the molecule is O=C(NCCc1cncnc1)Nc1cccc(Cl)c1. The summed E-state index contributed by atoms with van der Waals surface area (Å²) in [6, 6.07) is 6.72. The zero-order chi connectivity index (χ0) is 13.5. The molecule has 0 aliphatic heterocycles. The van der Waals surface area contributed by atoms with Gasteiger partial charge in [0.15, 0.2) is 0 Å². The highest BCUT2D eigenvalue weighted by Crippen LogP contribution is 2.14. The van der Waals surface area contributed by atoms with Crippen molar-refractivity contribution in [2.75, 3.05) is 11.9 Å². The Bertz CT molecular complexity index is 547. The van der Waals surface area contributed by atoms with Gasteiger partial charge in [0.2, 0.25) is 0 Å². The highest BCUT2D eigenvalue weighted by molar-refractivity contribution is 6.30. The normalized spacial score (nSPS) is 9.95. The van der Waals surface area contributed by atoms with Crippen molar-refractivity contribution in [2.24, 2.45) is 0 Å². The molecule has 0 radical (unpaired) electrons. The average Bonchev–Trinajstić information content (AvgIpc) is 2.40. The van der Waals surface area contributed by atoms with Gasteiger partial charge in [-0.05, 0) is 30.2 Å². The van der Waals surface area contributed by atoms with Gasteiger partial charge < -0.3 is 10.6 Å². The average molecular weight is 277 g/mol. The Balaban J connectivity index is 1.76. The van der Waals surface area contributed by atoms with E-state index in [1.165, 1.54) is 6.33 Å². The summed E-state index contributed by atoms with van der Waals surface area (Å²) in [7, 11) is 0. The zero-order valence-electron chi connectivity index (χ0n) is 10.1. The van der Waals surface area contributed by atoms with E-state index in [0.29, 0.717) is 23.7 Å². The maximum Gasteiger partial charge on any atom is 0.319 e. The predicted octanol–water partition coefficient (Wildman–Crippen LogP) is 2.49. The van der Waals surface area contributed by atoms with Gasteiger partial charge in [0.25, 0.3) is 0 Å². The van der Waals surface area contributed by atoms with Crippen molar-refractivity contribution in [1.29, 1.82) is 0 Å². The molecule has 0 saturated carbocycles. The third kappa shape index (κ3) is 4.56. The van der Waals surface area contributed by atoms with E-state index in [-0.39, 0.29) is 6.03 Å². The Morgan fingerprint density at radius 2 is 2.05 bits per heavy atom. The highest BCUT2D eigenvalue weighted by Gasteiger charge is 2.01. The summed E-state index contributed by atoms with van der Waals surface area (Å²) in [5.74, 6) is 0. The lowest BCUT2D eigenvalue weighted by Gasteiger charge is -2.07. The summed E-state index contributed by atoms with van der Waals surface area (Å²) in [6.07, 6.45) is 5.61. The number of amides is 2. The second kappa shape index (κ2) is 6.70. The van der Waals surface area contributed by atoms with Gasteiger partial charge in [-0.15, -0.1) is 0 Å². The molecular formula is C13H13ClN4O. The Kier molecular flexibility index (Phi) is 4.69. The van der Waals surface area contributed by atoms with Gasteiger partial charge in [-0.2, -0.15) is 0 Å². The number of benzene rings is 1. The third-order valence-electron chi connectivity index (χ3n) is 2.40. The van der Waals surface area contributed by atoms with Crippen molar-refractivity contribution in [3.05, 3.63) is 53.6 Å². The van der Waals surface area contributed by atoms with Crippen molar-refractivity contribution >= 4 is 23.3 Å². The lowest BCUT2D eigenvalue weighted by atomic mass is 10.2. The van der Waals surface area contributed by atoms with Crippen LogP contribution >= 0.6 is 11.6 Å². The fraction of sp³-hybridized carbons (Fsp3) is 0.154. The van der Waals surface area contributed by atoms with Gasteiger partial charge >= 0.3 is 6.03 Å². The monoisotopic (exact) mass is 276 g/mol. The first-order chi connectivity index (χ1) is 9.24. The van der Waals surface area contributed by atoms with Crippen molar-refractivity contribution in [3.63, 3.8) is 0 Å². The second-order valence-corrected chi connectivity index (χ2v) is 4.32. The van der Waals surface area contributed by atoms with Crippen LogP contribution in [0.5, 0.6) is 0 Å². The minimum Gasteiger partial charge on any atom is -0.338 e. The fourth-order valence-electron chi connectivity index (χ4n) is 1.52. The largest absolute Gasteiger partial charge is 0.338 e. The van der Waals surface area contributed by atoms with Gasteiger partial charge in [-0.3, -0.25) is 0 Å². The van der Waals surface area contributed by atoms with Crippen LogP contribution in [0, 0.1) is 0 Å². The first kappa shape index (κ1) is 13.3. The van der Waals surface area contributed by atoms with E-state index in [0.717, 1.165) is 5.56 Å². The molecule has 19 heavy (non-hydrogen) atoms. The number of urea groups is 1. The van der Waals surface area contributed by atoms with Crippen LogP contribution in [-0.2, 0) is 6.42 Å². The van der Waals surface area contributed by atoms with Crippen LogP contribution < -0.4 is 10.6 Å². The van der Waals surface area contributed by atoms with Crippen molar-refractivity contribution in [2.45, 2.75) is 6.42 Å². The quantitative estimate of drug-likeness (QED) is 0.902. The van der Waals surface area contributed by atoms with E-state index in [1.807, 2.05) is 0 Å². The molecular weight excluding hydrogens is 264 g/mol. The molecule has 2 rings (SSSR count). The fourth-order valence-corrected chi connectivity index (χ4v) is 1.71. The maximum absolute atomic E-state index is 11.6. The molecule has 0 bridgehead atoms. The molecule has 1 heterocycles. The molecule has 0 atom stereocenters. The summed E-state index contributed by atoms with van der Waals surface area (Å²) in [6.45, 7) is 0.514. The summed E-state index contributed by atoms with van der Waals surface area (Å²) in [5.41, 5.74) is 1.64. The minimum atomic E-state index is -0.265. The number of carbonyl (C=O) groups is 1.